The third-order valence-electron chi connectivity index (χ3n) is 3.91. The van der Waals surface area contributed by atoms with Crippen LogP contribution < -0.4 is 22.1 Å². The molecule has 0 aliphatic carbocycles. The van der Waals surface area contributed by atoms with Gasteiger partial charge >= 0.3 is 0 Å². The molecule has 0 fully saturated rings. The quantitative estimate of drug-likeness (QED) is 0.517. The van der Waals surface area contributed by atoms with Crippen molar-refractivity contribution in [1.29, 1.82) is 0 Å². The van der Waals surface area contributed by atoms with Gasteiger partial charge in [-0.2, -0.15) is 0 Å². The second-order valence-corrected chi connectivity index (χ2v) is 5.70. The molecule has 3 rings (SSSR count). The summed E-state index contributed by atoms with van der Waals surface area (Å²) in [6, 6.07) is 24.1. The van der Waals surface area contributed by atoms with Crippen LogP contribution in [-0.2, 0) is 13.1 Å². The number of hydrogen-bond donors (Lipinski definition) is 4. The third-order valence-corrected chi connectivity index (χ3v) is 3.91. The first kappa shape index (κ1) is 15.7. The van der Waals surface area contributed by atoms with Gasteiger partial charge in [-0.3, -0.25) is 0 Å². The van der Waals surface area contributed by atoms with E-state index in [2.05, 4.69) is 34.9 Å². The molecule has 4 nitrogen and oxygen atoms in total. The number of para-hydroxylation sites is 4. The number of nitrogens with one attached hydrogen (secondary N) is 2. The van der Waals surface area contributed by atoms with Crippen molar-refractivity contribution in [2.45, 2.75) is 13.1 Å². The number of benzene rings is 3. The third kappa shape index (κ3) is 3.98. The Kier molecular flexibility index (Phi) is 4.87. The summed E-state index contributed by atoms with van der Waals surface area (Å²) < 4.78 is 0. The van der Waals surface area contributed by atoms with Crippen LogP contribution in [0.3, 0.4) is 0 Å². The molecule has 0 aromatic heterocycles. The SMILES string of the molecule is Nc1ccccc1NCc1ccc(CNc2ccccc2N)cc1. The number of hydrogen-bond acceptors (Lipinski definition) is 4. The minimum atomic E-state index is 0.744. The van der Waals surface area contributed by atoms with Crippen molar-refractivity contribution >= 4 is 22.7 Å². The molecular formula is C20H22N4. The van der Waals surface area contributed by atoms with Crippen LogP contribution in [-0.4, -0.2) is 0 Å². The van der Waals surface area contributed by atoms with E-state index in [1.54, 1.807) is 0 Å². The molecule has 0 spiro atoms. The van der Waals surface area contributed by atoms with Crippen molar-refractivity contribution in [3.63, 3.8) is 0 Å². The van der Waals surface area contributed by atoms with Crippen LogP contribution >= 0.6 is 0 Å². The van der Waals surface area contributed by atoms with Crippen LogP contribution in [0.5, 0.6) is 0 Å². The van der Waals surface area contributed by atoms with Gasteiger partial charge in [-0.15, -0.1) is 0 Å². The van der Waals surface area contributed by atoms with E-state index < -0.39 is 0 Å². The maximum atomic E-state index is 5.93. The second kappa shape index (κ2) is 7.42. The van der Waals surface area contributed by atoms with Crippen molar-refractivity contribution in [3.8, 4) is 0 Å². The Morgan fingerprint density at radius 2 is 0.917 bits per heavy atom. The zero-order valence-electron chi connectivity index (χ0n) is 13.5. The van der Waals surface area contributed by atoms with Crippen molar-refractivity contribution in [1.82, 2.24) is 0 Å². The first-order chi connectivity index (χ1) is 11.7. The van der Waals surface area contributed by atoms with E-state index in [9.17, 15) is 0 Å². The van der Waals surface area contributed by atoms with Crippen LogP contribution in [0.15, 0.2) is 72.8 Å². The first-order valence-electron chi connectivity index (χ1n) is 7.97. The zero-order valence-corrected chi connectivity index (χ0v) is 13.5. The van der Waals surface area contributed by atoms with Crippen LogP contribution in [0.2, 0.25) is 0 Å². The topological polar surface area (TPSA) is 76.1 Å². The maximum absolute atomic E-state index is 5.93. The molecule has 0 radical (unpaired) electrons. The van der Waals surface area contributed by atoms with Crippen LogP contribution in [0.4, 0.5) is 22.7 Å². The highest BCUT2D eigenvalue weighted by molar-refractivity contribution is 5.66. The van der Waals surface area contributed by atoms with Gasteiger partial charge in [0.05, 0.1) is 22.7 Å². The number of nitrogens with two attached hydrogens (primary N) is 2. The standard InChI is InChI=1S/C20H22N4/c21-17-5-1-3-7-19(17)23-13-15-9-11-16(12-10-15)14-24-20-8-4-2-6-18(20)22/h1-12,23-24H,13-14,21-22H2. The average Bonchev–Trinajstić information content (AvgIpc) is 2.61. The average molecular weight is 318 g/mol. The van der Waals surface area contributed by atoms with Gasteiger partial charge in [-0.1, -0.05) is 48.5 Å². The molecule has 3 aromatic rings. The Labute approximate surface area is 142 Å². The Hall–Kier alpha value is -3.14. The Morgan fingerprint density at radius 3 is 1.29 bits per heavy atom. The van der Waals surface area contributed by atoms with Gasteiger partial charge in [-0.05, 0) is 35.4 Å². The fourth-order valence-corrected chi connectivity index (χ4v) is 2.49. The summed E-state index contributed by atoms with van der Waals surface area (Å²) >= 11 is 0. The molecule has 0 saturated heterocycles. The van der Waals surface area contributed by atoms with Crippen molar-refractivity contribution in [2.24, 2.45) is 0 Å². The predicted molar refractivity (Wildman–Crippen MR) is 103 cm³/mol. The number of nitrogen functional groups attached to an aromatic ring is 2. The largest absolute Gasteiger partial charge is 0.397 e. The van der Waals surface area contributed by atoms with Crippen molar-refractivity contribution < 1.29 is 0 Å². The molecule has 0 aliphatic rings. The van der Waals surface area contributed by atoms with Gasteiger partial charge in [0.1, 0.15) is 0 Å². The lowest BCUT2D eigenvalue weighted by molar-refractivity contribution is 1.11. The van der Waals surface area contributed by atoms with E-state index in [-0.39, 0.29) is 0 Å². The summed E-state index contributed by atoms with van der Waals surface area (Å²) in [5, 5.41) is 6.71. The molecule has 0 bridgehead atoms. The van der Waals surface area contributed by atoms with Crippen molar-refractivity contribution in [2.75, 3.05) is 22.1 Å². The Balaban J connectivity index is 1.55. The molecule has 122 valence electrons. The van der Waals surface area contributed by atoms with Crippen LogP contribution in [0.25, 0.3) is 0 Å². The molecule has 3 aromatic carbocycles. The molecule has 0 amide bonds. The summed E-state index contributed by atoms with van der Waals surface area (Å²) in [6.45, 7) is 1.49. The van der Waals surface area contributed by atoms with Gasteiger partial charge in [0.15, 0.2) is 0 Å². The summed E-state index contributed by atoms with van der Waals surface area (Å²) in [6.07, 6.45) is 0. The van der Waals surface area contributed by atoms with Gasteiger partial charge in [-0.25, -0.2) is 0 Å². The number of rotatable bonds is 6. The molecule has 0 unspecified atom stereocenters. The van der Waals surface area contributed by atoms with Crippen LogP contribution in [0.1, 0.15) is 11.1 Å². The normalized spacial score (nSPS) is 10.3. The summed E-state index contributed by atoms with van der Waals surface area (Å²) in [5.41, 5.74) is 17.7. The molecule has 6 N–H and O–H groups in total. The minimum Gasteiger partial charge on any atom is -0.397 e. The monoisotopic (exact) mass is 318 g/mol. The second-order valence-electron chi connectivity index (χ2n) is 5.70. The summed E-state index contributed by atoms with van der Waals surface area (Å²) in [5.74, 6) is 0. The molecule has 0 aliphatic heterocycles. The van der Waals surface area contributed by atoms with E-state index in [0.29, 0.717) is 0 Å². The molecule has 0 heterocycles. The Morgan fingerprint density at radius 1 is 0.542 bits per heavy atom. The lowest BCUT2D eigenvalue weighted by Crippen LogP contribution is -2.04. The van der Waals surface area contributed by atoms with Gasteiger partial charge in [0.25, 0.3) is 0 Å². The lowest BCUT2D eigenvalue weighted by atomic mass is 10.1. The van der Waals surface area contributed by atoms with Gasteiger partial charge in [0, 0.05) is 13.1 Å². The lowest BCUT2D eigenvalue weighted by Gasteiger charge is -2.11. The van der Waals surface area contributed by atoms with Crippen LogP contribution in [0, 0.1) is 0 Å². The fourth-order valence-electron chi connectivity index (χ4n) is 2.49. The molecular weight excluding hydrogens is 296 g/mol. The highest BCUT2D eigenvalue weighted by Crippen LogP contribution is 2.19. The van der Waals surface area contributed by atoms with E-state index in [1.807, 2.05) is 48.5 Å². The molecule has 0 saturated carbocycles. The van der Waals surface area contributed by atoms with E-state index in [0.717, 1.165) is 35.8 Å². The molecule has 24 heavy (non-hydrogen) atoms. The Bertz CT molecular complexity index is 728. The molecule has 4 heteroatoms. The molecule has 0 atom stereocenters. The van der Waals surface area contributed by atoms with E-state index in [4.69, 9.17) is 11.5 Å². The minimum absolute atomic E-state index is 0.744. The highest BCUT2D eigenvalue weighted by atomic mass is 14.9. The predicted octanol–water partition coefficient (Wildman–Crippen LogP) is 4.08. The summed E-state index contributed by atoms with van der Waals surface area (Å²) in [7, 11) is 0. The first-order valence-corrected chi connectivity index (χ1v) is 7.97. The van der Waals surface area contributed by atoms with Gasteiger partial charge < -0.3 is 22.1 Å². The highest BCUT2D eigenvalue weighted by Gasteiger charge is 2.00. The van der Waals surface area contributed by atoms with Crippen molar-refractivity contribution in [3.05, 3.63) is 83.9 Å². The van der Waals surface area contributed by atoms with E-state index >= 15 is 0 Å². The zero-order chi connectivity index (χ0) is 16.8. The van der Waals surface area contributed by atoms with E-state index in [1.165, 1.54) is 11.1 Å². The maximum Gasteiger partial charge on any atom is 0.0576 e. The smallest absolute Gasteiger partial charge is 0.0576 e. The summed E-state index contributed by atoms with van der Waals surface area (Å²) in [4.78, 5) is 0. The number of anilines is 4. The fraction of sp³-hybridized carbons (Fsp3) is 0.100. The van der Waals surface area contributed by atoms with Gasteiger partial charge in [0.2, 0.25) is 0 Å².